The SMILES string of the molecule is c1ccc2nc(CCCc3ccc4ccccc4n3)ccc2c1. The van der Waals surface area contributed by atoms with Crippen molar-refractivity contribution in [3.63, 3.8) is 0 Å². The quantitative estimate of drug-likeness (QED) is 0.532. The summed E-state index contributed by atoms with van der Waals surface area (Å²) in [5, 5.41) is 2.40. The molecule has 0 fully saturated rings. The zero-order valence-electron chi connectivity index (χ0n) is 12.9. The van der Waals surface area contributed by atoms with Gasteiger partial charge in [0.1, 0.15) is 0 Å². The van der Waals surface area contributed by atoms with E-state index in [2.05, 4.69) is 60.7 Å². The molecule has 0 aliphatic carbocycles. The van der Waals surface area contributed by atoms with Crippen LogP contribution in [-0.4, -0.2) is 9.97 Å². The number of rotatable bonds is 4. The Morgan fingerprint density at radius 3 is 1.52 bits per heavy atom. The van der Waals surface area contributed by atoms with Crippen LogP contribution in [0.2, 0.25) is 0 Å². The predicted octanol–water partition coefficient (Wildman–Crippen LogP) is 4.96. The maximum atomic E-state index is 4.74. The Hall–Kier alpha value is -2.74. The summed E-state index contributed by atoms with van der Waals surface area (Å²) in [5.41, 5.74) is 4.47. The highest BCUT2D eigenvalue weighted by Gasteiger charge is 2.01. The highest BCUT2D eigenvalue weighted by atomic mass is 14.7. The van der Waals surface area contributed by atoms with Gasteiger partial charge in [0.15, 0.2) is 0 Å². The predicted molar refractivity (Wildman–Crippen MR) is 95.5 cm³/mol. The van der Waals surface area contributed by atoms with Gasteiger partial charge in [-0.1, -0.05) is 48.5 Å². The summed E-state index contributed by atoms with van der Waals surface area (Å²) in [6.45, 7) is 0. The van der Waals surface area contributed by atoms with Crippen molar-refractivity contribution in [1.82, 2.24) is 9.97 Å². The Morgan fingerprint density at radius 1 is 0.522 bits per heavy atom. The van der Waals surface area contributed by atoms with E-state index in [1.807, 2.05) is 12.1 Å². The zero-order chi connectivity index (χ0) is 15.5. The van der Waals surface area contributed by atoms with Crippen LogP contribution in [0.5, 0.6) is 0 Å². The maximum Gasteiger partial charge on any atom is 0.0705 e. The van der Waals surface area contributed by atoms with Crippen LogP contribution in [0, 0.1) is 0 Å². The van der Waals surface area contributed by atoms with Crippen LogP contribution in [-0.2, 0) is 12.8 Å². The molecule has 0 aliphatic rings. The van der Waals surface area contributed by atoms with Crippen molar-refractivity contribution in [1.29, 1.82) is 0 Å². The van der Waals surface area contributed by atoms with E-state index >= 15 is 0 Å². The van der Waals surface area contributed by atoms with E-state index in [0.29, 0.717) is 0 Å². The molecule has 0 spiro atoms. The van der Waals surface area contributed by atoms with Crippen LogP contribution in [0.4, 0.5) is 0 Å². The van der Waals surface area contributed by atoms with Crippen molar-refractivity contribution < 1.29 is 0 Å². The number of pyridine rings is 2. The van der Waals surface area contributed by atoms with Crippen LogP contribution < -0.4 is 0 Å². The molecule has 0 unspecified atom stereocenters. The Labute approximate surface area is 135 Å². The molecular weight excluding hydrogens is 280 g/mol. The molecule has 0 aliphatic heterocycles. The van der Waals surface area contributed by atoms with Gasteiger partial charge in [-0.2, -0.15) is 0 Å². The summed E-state index contributed by atoms with van der Waals surface area (Å²) >= 11 is 0. The van der Waals surface area contributed by atoms with Gasteiger partial charge in [0.05, 0.1) is 11.0 Å². The van der Waals surface area contributed by atoms with Crippen LogP contribution in [0.1, 0.15) is 17.8 Å². The normalized spacial score (nSPS) is 11.1. The van der Waals surface area contributed by atoms with Gasteiger partial charge in [0.25, 0.3) is 0 Å². The summed E-state index contributed by atoms with van der Waals surface area (Å²) in [5.74, 6) is 0. The molecule has 23 heavy (non-hydrogen) atoms. The molecule has 0 amide bonds. The second-order valence-corrected chi connectivity index (χ2v) is 5.84. The third kappa shape index (κ3) is 3.07. The molecule has 4 rings (SSSR count). The summed E-state index contributed by atoms with van der Waals surface area (Å²) < 4.78 is 0. The van der Waals surface area contributed by atoms with Gasteiger partial charge in [-0.25, -0.2) is 0 Å². The number of aryl methyl sites for hydroxylation is 2. The molecule has 2 aromatic heterocycles. The molecule has 2 heteroatoms. The number of aromatic nitrogens is 2. The minimum absolute atomic E-state index is 0.985. The van der Waals surface area contributed by atoms with Gasteiger partial charge in [-0.15, -0.1) is 0 Å². The van der Waals surface area contributed by atoms with E-state index in [0.717, 1.165) is 41.7 Å². The van der Waals surface area contributed by atoms with Gasteiger partial charge >= 0.3 is 0 Å². The van der Waals surface area contributed by atoms with Gasteiger partial charge in [0.2, 0.25) is 0 Å². The van der Waals surface area contributed by atoms with E-state index in [-0.39, 0.29) is 0 Å². The first-order chi connectivity index (χ1) is 11.4. The molecule has 0 saturated heterocycles. The molecule has 112 valence electrons. The van der Waals surface area contributed by atoms with Gasteiger partial charge in [0, 0.05) is 22.2 Å². The van der Waals surface area contributed by atoms with Crippen LogP contribution in [0.15, 0.2) is 72.8 Å². The minimum atomic E-state index is 0.985. The molecule has 2 heterocycles. The second-order valence-electron chi connectivity index (χ2n) is 5.84. The summed E-state index contributed by atoms with van der Waals surface area (Å²) in [6.07, 6.45) is 3.04. The molecule has 0 bridgehead atoms. The highest BCUT2D eigenvalue weighted by Crippen LogP contribution is 2.15. The molecule has 0 atom stereocenters. The molecule has 2 nitrogen and oxygen atoms in total. The largest absolute Gasteiger partial charge is 0.253 e. The average molecular weight is 298 g/mol. The van der Waals surface area contributed by atoms with Gasteiger partial charge < -0.3 is 0 Å². The van der Waals surface area contributed by atoms with E-state index in [1.165, 1.54) is 10.8 Å². The van der Waals surface area contributed by atoms with E-state index in [9.17, 15) is 0 Å². The first-order valence-corrected chi connectivity index (χ1v) is 8.08. The first kappa shape index (κ1) is 13.9. The number of hydrogen-bond donors (Lipinski definition) is 0. The maximum absolute atomic E-state index is 4.74. The van der Waals surface area contributed by atoms with Crippen molar-refractivity contribution >= 4 is 21.8 Å². The lowest BCUT2D eigenvalue weighted by Crippen LogP contribution is -1.95. The fraction of sp³-hybridized carbons (Fsp3) is 0.143. The van der Waals surface area contributed by atoms with E-state index in [1.54, 1.807) is 0 Å². The third-order valence-electron chi connectivity index (χ3n) is 4.18. The number of para-hydroxylation sites is 2. The fourth-order valence-corrected chi connectivity index (χ4v) is 2.95. The molecule has 4 aromatic rings. The summed E-state index contributed by atoms with van der Waals surface area (Å²) in [6, 6.07) is 25.1. The third-order valence-corrected chi connectivity index (χ3v) is 4.18. The number of benzene rings is 2. The Bertz CT molecular complexity index is 880. The Morgan fingerprint density at radius 2 is 1.00 bits per heavy atom. The topological polar surface area (TPSA) is 25.8 Å². The lowest BCUT2D eigenvalue weighted by molar-refractivity contribution is 0.787. The first-order valence-electron chi connectivity index (χ1n) is 8.08. The van der Waals surface area contributed by atoms with Crippen LogP contribution in [0.3, 0.4) is 0 Å². The van der Waals surface area contributed by atoms with E-state index in [4.69, 9.17) is 9.97 Å². The van der Waals surface area contributed by atoms with Crippen LogP contribution in [0.25, 0.3) is 21.8 Å². The molecule has 0 N–H and O–H groups in total. The Kier molecular flexibility index (Phi) is 3.73. The molecular formula is C21H18N2. The van der Waals surface area contributed by atoms with Crippen LogP contribution >= 0.6 is 0 Å². The zero-order valence-corrected chi connectivity index (χ0v) is 12.9. The molecule has 2 aromatic carbocycles. The van der Waals surface area contributed by atoms with Crippen molar-refractivity contribution in [3.05, 3.63) is 84.2 Å². The highest BCUT2D eigenvalue weighted by molar-refractivity contribution is 5.79. The lowest BCUT2D eigenvalue weighted by Gasteiger charge is -2.04. The summed E-state index contributed by atoms with van der Waals surface area (Å²) in [4.78, 5) is 9.47. The average Bonchev–Trinajstić information content (AvgIpc) is 2.61. The minimum Gasteiger partial charge on any atom is -0.253 e. The fourth-order valence-electron chi connectivity index (χ4n) is 2.95. The van der Waals surface area contributed by atoms with E-state index < -0.39 is 0 Å². The van der Waals surface area contributed by atoms with Crippen molar-refractivity contribution in [2.75, 3.05) is 0 Å². The van der Waals surface area contributed by atoms with Crippen molar-refractivity contribution in [2.24, 2.45) is 0 Å². The smallest absolute Gasteiger partial charge is 0.0705 e. The molecule has 0 saturated carbocycles. The standard InChI is InChI=1S/C21H18N2/c1-3-10-20-16(6-1)12-14-18(22-20)8-5-9-19-15-13-17-7-2-4-11-21(17)23-19/h1-4,6-7,10-15H,5,8-9H2. The van der Waals surface area contributed by atoms with Crippen molar-refractivity contribution in [2.45, 2.75) is 19.3 Å². The number of hydrogen-bond acceptors (Lipinski definition) is 2. The number of fused-ring (bicyclic) bond motifs is 2. The molecule has 0 radical (unpaired) electrons. The van der Waals surface area contributed by atoms with Gasteiger partial charge in [-0.3, -0.25) is 9.97 Å². The van der Waals surface area contributed by atoms with Gasteiger partial charge in [-0.05, 0) is 43.5 Å². The lowest BCUT2D eigenvalue weighted by atomic mass is 10.1. The monoisotopic (exact) mass is 298 g/mol. The second kappa shape index (κ2) is 6.17. The van der Waals surface area contributed by atoms with Crippen molar-refractivity contribution in [3.8, 4) is 0 Å². The number of nitrogens with zero attached hydrogens (tertiary/aromatic N) is 2. The Balaban J connectivity index is 1.45. The summed E-state index contributed by atoms with van der Waals surface area (Å²) in [7, 11) is 0.